The molecule has 0 unspecified atom stereocenters. The van der Waals surface area contributed by atoms with Crippen molar-refractivity contribution >= 4 is 50.7 Å². The number of ether oxygens (including phenoxy) is 1. The molecule has 0 saturated carbocycles. The summed E-state index contributed by atoms with van der Waals surface area (Å²) in [7, 11) is 0. The molecule has 0 atom stereocenters. The fourth-order valence-corrected chi connectivity index (χ4v) is 3.30. The molecule has 0 aromatic heterocycles. The number of rotatable bonds is 4. The van der Waals surface area contributed by atoms with Gasteiger partial charge in [-0.2, -0.15) is 0 Å². The van der Waals surface area contributed by atoms with Gasteiger partial charge in [-0.15, -0.1) is 0 Å². The molecule has 22 heavy (non-hydrogen) atoms. The standard InChI is InChI=1S/C16H14BrCl2NO2/c1-9-3-11(17)4-10(2)16(9)22-8-15(21)20-14-6-12(18)5-13(19)7-14/h3-7H,8H2,1-2H3,(H,20,21). The van der Waals surface area contributed by atoms with Gasteiger partial charge in [0.1, 0.15) is 5.75 Å². The zero-order valence-electron chi connectivity index (χ0n) is 12.0. The molecule has 6 heteroatoms. The Kier molecular flexibility index (Phi) is 5.73. The van der Waals surface area contributed by atoms with E-state index < -0.39 is 0 Å². The SMILES string of the molecule is Cc1cc(Br)cc(C)c1OCC(=O)Nc1cc(Cl)cc(Cl)c1. The lowest BCUT2D eigenvalue weighted by Gasteiger charge is -2.13. The van der Waals surface area contributed by atoms with Crippen LogP contribution in [0.5, 0.6) is 5.75 Å². The molecule has 0 aliphatic heterocycles. The summed E-state index contributed by atoms with van der Waals surface area (Å²) in [5.41, 5.74) is 2.46. The average molecular weight is 403 g/mol. The molecule has 2 aromatic carbocycles. The van der Waals surface area contributed by atoms with Crippen LogP contribution in [0, 0.1) is 13.8 Å². The maximum atomic E-state index is 12.0. The number of hydrogen-bond acceptors (Lipinski definition) is 2. The van der Waals surface area contributed by atoms with Crippen molar-refractivity contribution < 1.29 is 9.53 Å². The third-order valence-electron chi connectivity index (χ3n) is 2.92. The van der Waals surface area contributed by atoms with Gasteiger partial charge in [0.05, 0.1) is 0 Å². The minimum absolute atomic E-state index is 0.0898. The molecular weight excluding hydrogens is 389 g/mol. The predicted molar refractivity (Wildman–Crippen MR) is 94.2 cm³/mol. The van der Waals surface area contributed by atoms with Gasteiger partial charge in [-0.05, 0) is 55.3 Å². The molecule has 1 N–H and O–H groups in total. The molecule has 0 bridgehead atoms. The largest absolute Gasteiger partial charge is 0.483 e. The fraction of sp³-hybridized carbons (Fsp3) is 0.188. The topological polar surface area (TPSA) is 38.3 Å². The zero-order valence-corrected chi connectivity index (χ0v) is 15.1. The van der Waals surface area contributed by atoms with E-state index in [9.17, 15) is 4.79 Å². The summed E-state index contributed by atoms with van der Waals surface area (Å²) < 4.78 is 6.60. The highest BCUT2D eigenvalue weighted by Crippen LogP contribution is 2.27. The number of anilines is 1. The van der Waals surface area contributed by atoms with Gasteiger partial charge in [-0.1, -0.05) is 39.1 Å². The van der Waals surface area contributed by atoms with E-state index in [1.54, 1.807) is 18.2 Å². The number of carbonyl (C=O) groups is 1. The lowest BCUT2D eigenvalue weighted by Crippen LogP contribution is -2.20. The van der Waals surface area contributed by atoms with Crippen LogP contribution in [-0.2, 0) is 4.79 Å². The molecule has 0 spiro atoms. The van der Waals surface area contributed by atoms with Crippen LogP contribution in [0.1, 0.15) is 11.1 Å². The van der Waals surface area contributed by atoms with Crippen molar-refractivity contribution in [2.45, 2.75) is 13.8 Å². The van der Waals surface area contributed by atoms with Crippen LogP contribution in [0.4, 0.5) is 5.69 Å². The molecule has 0 aliphatic carbocycles. The van der Waals surface area contributed by atoms with Gasteiger partial charge in [-0.3, -0.25) is 4.79 Å². The van der Waals surface area contributed by atoms with Crippen LogP contribution in [0.2, 0.25) is 10.0 Å². The second-order valence-corrected chi connectivity index (χ2v) is 6.65. The van der Waals surface area contributed by atoms with Gasteiger partial charge < -0.3 is 10.1 Å². The smallest absolute Gasteiger partial charge is 0.262 e. The van der Waals surface area contributed by atoms with Crippen molar-refractivity contribution in [3.05, 3.63) is 56.0 Å². The van der Waals surface area contributed by atoms with Crippen LogP contribution >= 0.6 is 39.1 Å². The van der Waals surface area contributed by atoms with Crippen molar-refractivity contribution in [2.24, 2.45) is 0 Å². The Hall–Kier alpha value is -1.23. The Labute approximate surface area is 147 Å². The van der Waals surface area contributed by atoms with Crippen LogP contribution in [-0.4, -0.2) is 12.5 Å². The maximum Gasteiger partial charge on any atom is 0.262 e. The van der Waals surface area contributed by atoms with Gasteiger partial charge in [0.2, 0.25) is 0 Å². The molecule has 0 heterocycles. The lowest BCUT2D eigenvalue weighted by molar-refractivity contribution is -0.118. The minimum Gasteiger partial charge on any atom is -0.483 e. The number of nitrogens with one attached hydrogen (secondary N) is 1. The number of amides is 1. The second-order valence-electron chi connectivity index (χ2n) is 4.86. The van der Waals surface area contributed by atoms with Crippen molar-refractivity contribution in [1.82, 2.24) is 0 Å². The summed E-state index contributed by atoms with van der Waals surface area (Å²) >= 11 is 15.2. The average Bonchev–Trinajstić information content (AvgIpc) is 2.35. The maximum absolute atomic E-state index is 12.0. The molecule has 2 aromatic rings. The van der Waals surface area contributed by atoms with Crippen molar-refractivity contribution in [2.75, 3.05) is 11.9 Å². The molecule has 1 amide bonds. The number of benzene rings is 2. The highest BCUT2D eigenvalue weighted by molar-refractivity contribution is 9.10. The molecule has 0 radical (unpaired) electrons. The van der Waals surface area contributed by atoms with E-state index in [1.165, 1.54) is 0 Å². The predicted octanol–water partition coefficient (Wildman–Crippen LogP) is 5.39. The third-order valence-corrected chi connectivity index (χ3v) is 3.81. The van der Waals surface area contributed by atoms with E-state index in [1.807, 2.05) is 26.0 Å². The van der Waals surface area contributed by atoms with Crippen molar-refractivity contribution in [1.29, 1.82) is 0 Å². The van der Waals surface area contributed by atoms with Crippen molar-refractivity contribution in [3.8, 4) is 5.75 Å². The van der Waals surface area contributed by atoms with E-state index in [0.29, 0.717) is 21.5 Å². The Bertz CT molecular complexity index is 676. The van der Waals surface area contributed by atoms with E-state index >= 15 is 0 Å². The first-order valence-electron chi connectivity index (χ1n) is 6.50. The van der Waals surface area contributed by atoms with Gasteiger partial charge in [0.25, 0.3) is 5.91 Å². The van der Waals surface area contributed by atoms with Gasteiger partial charge in [0.15, 0.2) is 6.61 Å². The monoisotopic (exact) mass is 401 g/mol. The van der Waals surface area contributed by atoms with E-state index in [2.05, 4.69) is 21.2 Å². The highest BCUT2D eigenvalue weighted by Gasteiger charge is 2.09. The molecule has 116 valence electrons. The first kappa shape index (κ1) is 17.1. The second kappa shape index (κ2) is 7.36. The lowest BCUT2D eigenvalue weighted by atomic mass is 10.1. The summed E-state index contributed by atoms with van der Waals surface area (Å²) in [6.07, 6.45) is 0. The van der Waals surface area contributed by atoms with Gasteiger partial charge in [-0.25, -0.2) is 0 Å². The van der Waals surface area contributed by atoms with Crippen LogP contribution < -0.4 is 10.1 Å². The van der Waals surface area contributed by atoms with Crippen molar-refractivity contribution in [3.63, 3.8) is 0 Å². The van der Waals surface area contributed by atoms with Gasteiger partial charge >= 0.3 is 0 Å². The first-order valence-corrected chi connectivity index (χ1v) is 8.05. The number of aryl methyl sites for hydroxylation is 2. The molecule has 2 rings (SSSR count). The minimum atomic E-state index is -0.278. The fourth-order valence-electron chi connectivity index (χ4n) is 2.09. The normalized spacial score (nSPS) is 10.4. The zero-order chi connectivity index (χ0) is 16.3. The molecule has 0 aliphatic rings. The summed E-state index contributed by atoms with van der Waals surface area (Å²) in [5, 5.41) is 3.62. The number of carbonyl (C=O) groups excluding carboxylic acids is 1. The summed E-state index contributed by atoms with van der Waals surface area (Å²) in [5.74, 6) is 0.433. The summed E-state index contributed by atoms with van der Waals surface area (Å²) in [6, 6.07) is 8.74. The van der Waals surface area contributed by atoms with E-state index in [-0.39, 0.29) is 12.5 Å². The summed E-state index contributed by atoms with van der Waals surface area (Å²) in [6.45, 7) is 3.77. The first-order chi connectivity index (χ1) is 10.3. The summed E-state index contributed by atoms with van der Waals surface area (Å²) in [4.78, 5) is 12.0. The third kappa shape index (κ3) is 4.63. The quantitative estimate of drug-likeness (QED) is 0.744. The van der Waals surface area contributed by atoms with Crippen LogP contribution in [0.15, 0.2) is 34.8 Å². The number of halogens is 3. The molecule has 0 fully saturated rings. The van der Waals surface area contributed by atoms with E-state index in [0.717, 1.165) is 15.6 Å². The molecule has 0 saturated heterocycles. The van der Waals surface area contributed by atoms with Crippen LogP contribution in [0.3, 0.4) is 0 Å². The Morgan fingerprint density at radius 3 is 2.18 bits per heavy atom. The molecular formula is C16H14BrCl2NO2. The number of hydrogen-bond donors (Lipinski definition) is 1. The highest BCUT2D eigenvalue weighted by atomic mass is 79.9. The molecule has 3 nitrogen and oxygen atoms in total. The van der Waals surface area contributed by atoms with E-state index in [4.69, 9.17) is 27.9 Å². The van der Waals surface area contributed by atoms with Gasteiger partial charge in [0, 0.05) is 20.2 Å². The Morgan fingerprint density at radius 2 is 1.64 bits per heavy atom. The van der Waals surface area contributed by atoms with Crippen LogP contribution in [0.25, 0.3) is 0 Å². The Balaban J connectivity index is 2.01. The Morgan fingerprint density at radius 1 is 1.09 bits per heavy atom.